The van der Waals surface area contributed by atoms with Crippen LogP contribution in [0.5, 0.6) is 0 Å². The summed E-state index contributed by atoms with van der Waals surface area (Å²) >= 11 is 0. The molecule has 24 heavy (non-hydrogen) atoms. The summed E-state index contributed by atoms with van der Waals surface area (Å²) in [7, 11) is 1.99. The summed E-state index contributed by atoms with van der Waals surface area (Å²) < 4.78 is 2.04. The number of fused-ring (bicyclic) bond motifs is 1. The van der Waals surface area contributed by atoms with E-state index in [9.17, 15) is 4.79 Å². The quantitative estimate of drug-likeness (QED) is 0.728. The molecule has 0 bridgehead atoms. The van der Waals surface area contributed by atoms with Crippen LogP contribution in [0.3, 0.4) is 0 Å². The summed E-state index contributed by atoms with van der Waals surface area (Å²) in [6.07, 6.45) is 3.77. The van der Waals surface area contributed by atoms with E-state index < -0.39 is 0 Å². The van der Waals surface area contributed by atoms with E-state index in [2.05, 4.69) is 9.97 Å². The molecule has 0 radical (unpaired) electrons. The van der Waals surface area contributed by atoms with E-state index in [-0.39, 0.29) is 11.9 Å². The van der Waals surface area contributed by atoms with Crippen LogP contribution in [0.25, 0.3) is 11.0 Å². The van der Waals surface area contributed by atoms with E-state index in [1.807, 2.05) is 59.8 Å². The van der Waals surface area contributed by atoms with E-state index in [0.717, 1.165) is 41.9 Å². The lowest BCUT2D eigenvalue weighted by atomic mass is 10.1. The lowest BCUT2D eigenvalue weighted by Crippen LogP contribution is -2.30. The van der Waals surface area contributed by atoms with Gasteiger partial charge in [-0.2, -0.15) is 0 Å². The summed E-state index contributed by atoms with van der Waals surface area (Å²) in [6.45, 7) is 2.75. The smallest absolute Gasteiger partial charge is 0.254 e. The van der Waals surface area contributed by atoms with Gasteiger partial charge in [0.25, 0.3) is 5.91 Å². The van der Waals surface area contributed by atoms with E-state index in [1.54, 1.807) is 6.20 Å². The first-order chi connectivity index (χ1) is 11.6. The molecule has 1 saturated heterocycles. The van der Waals surface area contributed by atoms with Gasteiger partial charge in [0.15, 0.2) is 0 Å². The third-order valence-electron chi connectivity index (χ3n) is 4.89. The van der Waals surface area contributed by atoms with Gasteiger partial charge in [0, 0.05) is 25.4 Å². The largest absolute Gasteiger partial charge is 0.331 e. The molecule has 5 heteroatoms. The summed E-state index contributed by atoms with van der Waals surface area (Å²) in [5.41, 5.74) is 3.59. The topological polar surface area (TPSA) is 51.0 Å². The summed E-state index contributed by atoms with van der Waals surface area (Å²) in [4.78, 5) is 24.0. The number of imidazole rings is 1. The van der Waals surface area contributed by atoms with Crippen LogP contribution in [-0.2, 0) is 7.05 Å². The Balaban J connectivity index is 1.67. The first kappa shape index (κ1) is 14.9. The minimum Gasteiger partial charge on any atom is -0.331 e. The molecule has 2 aromatic heterocycles. The van der Waals surface area contributed by atoms with Crippen LogP contribution >= 0.6 is 0 Å². The van der Waals surface area contributed by atoms with Gasteiger partial charge in [0.05, 0.1) is 22.8 Å². The Morgan fingerprint density at radius 3 is 2.92 bits per heavy atom. The number of carbonyl (C=O) groups is 1. The number of hydrogen-bond acceptors (Lipinski definition) is 3. The third-order valence-corrected chi connectivity index (χ3v) is 4.89. The van der Waals surface area contributed by atoms with E-state index >= 15 is 0 Å². The third kappa shape index (κ3) is 2.37. The van der Waals surface area contributed by atoms with Crippen LogP contribution in [0.1, 0.15) is 40.8 Å². The van der Waals surface area contributed by atoms with Crippen LogP contribution < -0.4 is 0 Å². The Labute approximate surface area is 140 Å². The molecule has 0 saturated carbocycles. The molecule has 0 N–H and O–H groups in total. The number of likely N-dealkylation sites (tertiary alicyclic amines) is 1. The summed E-state index contributed by atoms with van der Waals surface area (Å²) in [6, 6.07) is 11.7. The van der Waals surface area contributed by atoms with Crippen molar-refractivity contribution >= 4 is 16.9 Å². The molecular formula is C19H20N4O. The van der Waals surface area contributed by atoms with Crippen molar-refractivity contribution < 1.29 is 4.79 Å². The SMILES string of the molecule is Cc1nc2cc(C(=O)N3CCC[C@H]3c3ccccn3)ccc2n1C. The number of aromatic nitrogens is 3. The van der Waals surface area contributed by atoms with Gasteiger partial charge in [-0.05, 0) is 50.1 Å². The first-order valence-electron chi connectivity index (χ1n) is 8.30. The Bertz CT molecular complexity index is 900. The molecule has 0 unspecified atom stereocenters. The highest BCUT2D eigenvalue weighted by atomic mass is 16.2. The molecule has 1 atom stereocenters. The normalized spacial score (nSPS) is 17.6. The standard InChI is InChI=1S/C19H20N4O/c1-13-21-16-12-14(8-9-17(16)22(13)2)19(24)23-11-5-7-18(23)15-6-3-4-10-20-15/h3-4,6,8-10,12,18H,5,7,11H2,1-2H3/t18-/m0/s1. The first-order valence-corrected chi connectivity index (χ1v) is 8.30. The second-order valence-corrected chi connectivity index (χ2v) is 6.33. The number of amides is 1. The predicted molar refractivity (Wildman–Crippen MR) is 92.7 cm³/mol. The number of benzene rings is 1. The second kappa shape index (κ2) is 5.74. The monoisotopic (exact) mass is 320 g/mol. The fourth-order valence-electron chi connectivity index (χ4n) is 3.51. The van der Waals surface area contributed by atoms with Gasteiger partial charge < -0.3 is 9.47 Å². The van der Waals surface area contributed by atoms with E-state index in [0.29, 0.717) is 5.56 Å². The molecule has 1 fully saturated rings. The molecule has 1 aliphatic heterocycles. The highest BCUT2D eigenvalue weighted by molar-refractivity contribution is 5.97. The van der Waals surface area contributed by atoms with Crippen molar-refractivity contribution in [2.75, 3.05) is 6.54 Å². The van der Waals surface area contributed by atoms with Crippen molar-refractivity contribution in [2.45, 2.75) is 25.8 Å². The molecule has 3 heterocycles. The average Bonchev–Trinajstić information content (AvgIpc) is 3.20. The van der Waals surface area contributed by atoms with Gasteiger partial charge in [-0.3, -0.25) is 9.78 Å². The number of aryl methyl sites for hydroxylation is 2. The minimum atomic E-state index is 0.0633. The second-order valence-electron chi connectivity index (χ2n) is 6.33. The van der Waals surface area contributed by atoms with Gasteiger partial charge in [-0.1, -0.05) is 6.07 Å². The highest BCUT2D eigenvalue weighted by Crippen LogP contribution is 2.32. The van der Waals surface area contributed by atoms with Crippen molar-refractivity contribution in [1.29, 1.82) is 0 Å². The zero-order chi connectivity index (χ0) is 16.7. The molecule has 0 aliphatic carbocycles. The lowest BCUT2D eigenvalue weighted by molar-refractivity contribution is 0.0733. The van der Waals surface area contributed by atoms with Gasteiger partial charge in [-0.25, -0.2) is 4.98 Å². The average molecular weight is 320 g/mol. The lowest BCUT2D eigenvalue weighted by Gasteiger charge is -2.24. The fraction of sp³-hybridized carbons (Fsp3) is 0.316. The maximum atomic E-state index is 13.0. The van der Waals surface area contributed by atoms with Crippen LogP contribution in [0.15, 0.2) is 42.6 Å². The molecular weight excluding hydrogens is 300 g/mol. The zero-order valence-electron chi connectivity index (χ0n) is 13.9. The Hall–Kier alpha value is -2.69. The molecule has 122 valence electrons. The Kier molecular flexibility index (Phi) is 3.56. The van der Waals surface area contributed by atoms with Crippen LogP contribution in [0.2, 0.25) is 0 Å². The van der Waals surface area contributed by atoms with E-state index in [1.165, 1.54) is 0 Å². The number of carbonyl (C=O) groups excluding carboxylic acids is 1. The van der Waals surface area contributed by atoms with Crippen molar-refractivity contribution in [2.24, 2.45) is 7.05 Å². The van der Waals surface area contributed by atoms with Crippen molar-refractivity contribution in [3.05, 3.63) is 59.7 Å². The molecule has 1 aliphatic rings. The summed E-state index contributed by atoms with van der Waals surface area (Å²) in [5.74, 6) is 1.01. The van der Waals surface area contributed by atoms with Gasteiger partial charge in [0.1, 0.15) is 5.82 Å². The molecule has 1 amide bonds. The van der Waals surface area contributed by atoms with Crippen LogP contribution in [-0.4, -0.2) is 31.9 Å². The molecule has 5 nitrogen and oxygen atoms in total. The molecule has 0 spiro atoms. The Morgan fingerprint density at radius 2 is 2.12 bits per heavy atom. The van der Waals surface area contributed by atoms with Gasteiger partial charge in [-0.15, -0.1) is 0 Å². The zero-order valence-corrected chi connectivity index (χ0v) is 13.9. The number of pyridine rings is 1. The van der Waals surface area contributed by atoms with Crippen molar-refractivity contribution in [3.8, 4) is 0 Å². The van der Waals surface area contributed by atoms with E-state index in [4.69, 9.17) is 0 Å². The minimum absolute atomic E-state index is 0.0633. The molecule has 1 aromatic carbocycles. The van der Waals surface area contributed by atoms with Crippen LogP contribution in [0.4, 0.5) is 0 Å². The molecule has 3 aromatic rings. The number of hydrogen-bond donors (Lipinski definition) is 0. The van der Waals surface area contributed by atoms with Gasteiger partial charge >= 0.3 is 0 Å². The highest BCUT2D eigenvalue weighted by Gasteiger charge is 2.31. The number of rotatable bonds is 2. The fourth-order valence-corrected chi connectivity index (χ4v) is 3.51. The maximum Gasteiger partial charge on any atom is 0.254 e. The summed E-state index contributed by atoms with van der Waals surface area (Å²) in [5, 5.41) is 0. The molecule has 4 rings (SSSR count). The Morgan fingerprint density at radius 1 is 1.25 bits per heavy atom. The number of nitrogens with zero attached hydrogens (tertiary/aromatic N) is 4. The van der Waals surface area contributed by atoms with Crippen molar-refractivity contribution in [1.82, 2.24) is 19.4 Å². The maximum absolute atomic E-state index is 13.0. The predicted octanol–water partition coefficient (Wildman–Crippen LogP) is 3.25. The van der Waals surface area contributed by atoms with Crippen molar-refractivity contribution in [3.63, 3.8) is 0 Å². The van der Waals surface area contributed by atoms with Crippen LogP contribution in [0, 0.1) is 6.92 Å². The van der Waals surface area contributed by atoms with Gasteiger partial charge in [0.2, 0.25) is 0 Å².